The number of hydrogen-bond donors (Lipinski definition) is 1. The molecule has 58 valence electrons. The molecule has 1 aromatic rings. The molecular weight excluding hydrogens is 161 g/mol. The van der Waals surface area contributed by atoms with Crippen molar-refractivity contribution in [2.24, 2.45) is 0 Å². The van der Waals surface area contributed by atoms with Gasteiger partial charge in [0.1, 0.15) is 5.82 Å². The molecular formula is C8H8FNS. The maximum atomic E-state index is 12.8. The van der Waals surface area contributed by atoms with Gasteiger partial charge in [0.25, 0.3) is 0 Å². The normalized spacial score (nSPS) is 9.27. The first-order valence-electron chi connectivity index (χ1n) is 3.21. The maximum Gasteiger partial charge on any atom is 0.128 e. The van der Waals surface area contributed by atoms with Crippen LogP contribution in [0.5, 0.6) is 0 Å². The van der Waals surface area contributed by atoms with Crippen molar-refractivity contribution in [3.05, 3.63) is 29.6 Å². The van der Waals surface area contributed by atoms with Crippen LogP contribution in [-0.2, 0) is 0 Å². The second-order valence-electron chi connectivity index (χ2n) is 2.17. The van der Waals surface area contributed by atoms with Gasteiger partial charge in [-0.3, -0.25) is 0 Å². The molecule has 0 radical (unpaired) electrons. The summed E-state index contributed by atoms with van der Waals surface area (Å²) in [6, 6.07) is 4.84. The van der Waals surface area contributed by atoms with E-state index in [9.17, 15) is 4.39 Å². The van der Waals surface area contributed by atoms with Crippen molar-refractivity contribution < 1.29 is 4.39 Å². The average molecular weight is 169 g/mol. The maximum absolute atomic E-state index is 12.8. The summed E-state index contributed by atoms with van der Waals surface area (Å²) < 4.78 is 12.8. The molecule has 1 nitrogen and oxygen atoms in total. The predicted molar refractivity (Wildman–Crippen MR) is 48.4 cm³/mol. The van der Waals surface area contributed by atoms with E-state index in [4.69, 9.17) is 0 Å². The van der Waals surface area contributed by atoms with Gasteiger partial charge >= 0.3 is 0 Å². The van der Waals surface area contributed by atoms with Crippen LogP contribution in [0.2, 0.25) is 0 Å². The number of hydrogen-bond acceptors (Lipinski definition) is 1. The van der Waals surface area contributed by atoms with Gasteiger partial charge in [-0.1, -0.05) is 18.3 Å². The van der Waals surface area contributed by atoms with E-state index in [0.29, 0.717) is 5.56 Å². The Morgan fingerprint density at radius 2 is 2.27 bits per heavy atom. The second kappa shape index (κ2) is 3.44. The summed E-state index contributed by atoms with van der Waals surface area (Å²) in [5, 5.41) is 2.77. The third-order valence-corrected chi connectivity index (χ3v) is 1.60. The van der Waals surface area contributed by atoms with Crippen LogP contribution in [-0.4, -0.2) is 5.49 Å². The fourth-order valence-corrected chi connectivity index (χ4v) is 0.954. The lowest BCUT2D eigenvalue weighted by molar-refractivity contribution is 0.619. The Hall–Kier alpha value is -0.960. The van der Waals surface area contributed by atoms with Gasteiger partial charge in [0, 0.05) is 11.3 Å². The summed E-state index contributed by atoms with van der Waals surface area (Å²) in [4.78, 5) is 0. The summed E-state index contributed by atoms with van der Waals surface area (Å²) in [5.74, 6) is -0.216. The second-order valence-corrected chi connectivity index (χ2v) is 2.41. The van der Waals surface area contributed by atoms with Crippen molar-refractivity contribution in [2.75, 3.05) is 5.32 Å². The molecule has 0 bridgehead atoms. The monoisotopic (exact) mass is 169 g/mol. The third-order valence-electron chi connectivity index (χ3n) is 1.48. The van der Waals surface area contributed by atoms with Crippen LogP contribution < -0.4 is 5.32 Å². The lowest BCUT2D eigenvalue weighted by atomic mass is 10.2. The summed E-state index contributed by atoms with van der Waals surface area (Å²) in [5.41, 5.74) is 2.68. The van der Waals surface area contributed by atoms with E-state index in [2.05, 4.69) is 17.5 Å². The van der Waals surface area contributed by atoms with Crippen LogP contribution >= 0.6 is 12.2 Å². The minimum absolute atomic E-state index is 0.216. The first-order chi connectivity index (χ1) is 5.25. The minimum atomic E-state index is -0.216. The molecule has 0 aliphatic carbocycles. The van der Waals surface area contributed by atoms with E-state index < -0.39 is 0 Å². The van der Waals surface area contributed by atoms with Gasteiger partial charge in [-0.05, 0) is 19.1 Å². The molecule has 0 fully saturated rings. The Kier molecular flexibility index (Phi) is 2.54. The van der Waals surface area contributed by atoms with Gasteiger partial charge in [0.2, 0.25) is 0 Å². The van der Waals surface area contributed by atoms with E-state index in [-0.39, 0.29) is 5.82 Å². The van der Waals surface area contributed by atoms with Gasteiger partial charge in [0.15, 0.2) is 0 Å². The number of thiocarbonyl (C=S) groups is 1. The van der Waals surface area contributed by atoms with Gasteiger partial charge in [-0.15, -0.1) is 0 Å². The highest BCUT2D eigenvalue weighted by Crippen LogP contribution is 2.16. The third kappa shape index (κ3) is 1.74. The Morgan fingerprint density at radius 3 is 2.91 bits per heavy atom. The fourth-order valence-electron chi connectivity index (χ4n) is 0.827. The Balaban J connectivity index is 3.05. The molecule has 1 N–H and O–H groups in total. The number of anilines is 1. The molecule has 0 aliphatic heterocycles. The lowest BCUT2D eigenvalue weighted by Crippen LogP contribution is -1.96. The smallest absolute Gasteiger partial charge is 0.128 e. The van der Waals surface area contributed by atoms with Crippen LogP contribution in [0.3, 0.4) is 0 Å². The molecule has 1 rings (SSSR count). The topological polar surface area (TPSA) is 12.0 Å². The molecule has 1 aromatic carbocycles. The quantitative estimate of drug-likeness (QED) is 0.683. The molecule has 3 heteroatoms. The van der Waals surface area contributed by atoms with Crippen molar-refractivity contribution in [2.45, 2.75) is 6.92 Å². The zero-order chi connectivity index (χ0) is 8.27. The van der Waals surface area contributed by atoms with Crippen molar-refractivity contribution in [1.29, 1.82) is 0 Å². The molecule has 0 aromatic heterocycles. The number of nitrogens with one attached hydrogen (secondary N) is 1. The first-order valence-corrected chi connectivity index (χ1v) is 3.68. The molecule has 0 aliphatic rings. The summed E-state index contributed by atoms with van der Waals surface area (Å²) >= 11 is 4.58. The highest BCUT2D eigenvalue weighted by molar-refractivity contribution is 7.79. The van der Waals surface area contributed by atoms with Crippen molar-refractivity contribution in [3.63, 3.8) is 0 Å². The molecule has 0 unspecified atom stereocenters. The van der Waals surface area contributed by atoms with Gasteiger partial charge < -0.3 is 5.32 Å². The van der Waals surface area contributed by atoms with E-state index >= 15 is 0 Å². The molecule has 0 atom stereocenters. The van der Waals surface area contributed by atoms with Gasteiger partial charge in [-0.25, -0.2) is 4.39 Å². The highest BCUT2D eigenvalue weighted by Gasteiger charge is 1.99. The van der Waals surface area contributed by atoms with E-state index in [0.717, 1.165) is 5.69 Å². The zero-order valence-electron chi connectivity index (χ0n) is 6.10. The summed E-state index contributed by atoms with van der Waals surface area (Å²) in [6.07, 6.45) is 0. The molecule has 11 heavy (non-hydrogen) atoms. The summed E-state index contributed by atoms with van der Waals surface area (Å²) in [6.45, 7) is 1.70. The van der Waals surface area contributed by atoms with Crippen molar-refractivity contribution in [1.82, 2.24) is 0 Å². The molecule has 0 saturated carbocycles. The number of benzene rings is 1. The number of halogens is 1. The molecule has 0 amide bonds. The van der Waals surface area contributed by atoms with Crippen molar-refractivity contribution >= 4 is 23.4 Å². The Morgan fingerprint density at radius 1 is 1.55 bits per heavy atom. The predicted octanol–water partition coefficient (Wildman–Crippen LogP) is 2.50. The van der Waals surface area contributed by atoms with Gasteiger partial charge in [-0.2, -0.15) is 0 Å². The van der Waals surface area contributed by atoms with E-state index in [1.165, 1.54) is 11.6 Å². The van der Waals surface area contributed by atoms with Crippen LogP contribution in [0, 0.1) is 12.7 Å². The standard InChI is InChI=1S/C8H8FNS/c1-6-7(9)3-2-4-8(6)10-5-11/h2-5H,1H3,(H,10,11). The van der Waals surface area contributed by atoms with Crippen LogP contribution in [0.1, 0.15) is 5.56 Å². The first kappa shape index (κ1) is 8.14. The molecule has 0 spiro atoms. The fraction of sp³-hybridized carbons (Fsp3) is 0.125. The highest BCUT2D eigenvalue weighted by atomic mass is 32.1. The zero-order valence-corrected chi connectivity index (χ0v) is 6.91. The van der Waals surface area contributed by atoms with Gasteiger partial charge in [0.05, 0.1) is 5.49 Å². The van der Waals surface area contributed by atoms with Crippen LogP contribution in [0.25, 0.3) is 0 Å². The Labute approximate surface area is 70.2 Å². The van der Waals surface area contributed by atoms with E-state index in [1.54, 1.807) is 19.1 Å². The minimum Gasteiger partial charge on any atom is -0.352 e. The van der Waals surface area contributed by atoms with Crippen LogP contribution in [0.4, 0.5) is 10.1 Å². The summed E-state index contributed by atoms with van der Waals surface area (Å²) in [7, 11) is 0. The SMILES string of the molecule is Cc1c(F)cccc1NC=S. The van der Waals surface area contributed by atoms with E-state index in [1.807, 2.05) is 0 Å². The molecule has 0 saturated heterocycles. The lowest BCUT2D eigenvalue weighted by Gasteiger charge is -2.03. The molecule has 0 heterocycles. The Bertz CT molecular complexity index is 273. The largest absolute Gasteiger partial charge is 0.352 e. The van der Waals surface area contributed by atoms with Crippen LogP contribution in [0.15, 0.2) is 18.2 Å². The number of rotatable bonds is 2. The average Bonchev–Trinajstić information content (AvgIpc) is 1.99. The van der Waals surface area contributed by atoms with Crippen molar-refractivity contribution in [3.8, 4) is 0 Å².